The van der Waals surface area contributed by atoms with Crippen LogP contribution in [0.5, 0.6) is 0 Å². The molecule has 0 heterocycles. The van der Waals surface area contributed by atoms with Gasteiger partial charge < -0.3 is 10.5 Å². The lowest BCUT2D eigenvalue weighted by Crippen LogP contribution is -2.38. The Kier molecular flexibility index (Phi) is 11.4. The summed E-state index contributed by atoms with van der Waals surface area (Å²) in [5.41, 5.74) is 6.44. The summed E-state index contributed by atoms with van der Waals surface area (Å²) >= 11 is 0. The van der Waals surface area contributed by atoms with E-state index in [-0.39, 0.29) is 5.97 Å². The van der Waals surface area contributed by atoms with Crippen molar-refractivity contribution in [2.24, 2.45) is 17.6 Å². The molecule has 0 aromatic heterocycles. The molecule has 0 aromatic rings. The number of esters is 1. The smallest absolute Gasteiger partial charge is 0.305 e. The third kappa shape index (κ3) is 8.74. The van der Waals surface area contributed by atoms with Crippen LogP contribution in [0.25, 0.3) is 0 Å². The fourth-order valence-electron chi connectivity index (χ4n) is 4.14. The van der Waals surface area contributed by atoms with E-state index in [4.69, 9.17) is 5.73 Å². The number of methoxy groups -OCH3 is 1. The number of carbonyl (C=O) groups is 1. The Hall–Kier alpha value is -0.570. The van der Waals surface area contributed by atoms with E-state index in [1.807, 2.05) is 0 Å². The highest BCUT2D eigenvalue weighted by Crippen LogP contribution is 2.36. The summed E-state index contributed by atoms with van der Waals surface area (Å²) in [6.07, 6.45) is 17.3. The molecular formula is C20H39NO2. The highest BCUT2D eigenvalue weighted by Gasteiger charge is 2.29. The summed E-state index contributed by atoms with van der Waals surface area (Å²) in [6, 6.07) is 0.426. The van der Waals surface area contributed by atoms with Crippen molar-refractivity contribution in [3.63, 3.8) is 0 Å². The molecule has 0 bridgehead atoms. The number of hydrogen-bond donors (Lipinski definition) is 1. The van der Waals surface area contributed by atoms with Crippen molar-refractivity contribution >= 4 is 5.97 Å². The molecule has 3 unspecified atom stereocenters. The molecule has 0 aliphatic heterocycles. The molecule has 3 heteroatoms. The minimum atomic E-state index is -0.0774. The van der Waals surface area contributed by atoms with Crippen LogP contribution in [0.15, 0.2) is 0 Å². The molecule has 23 heavy (non-hydrogen) atoms. The van der Waals surface area contributed by atoms with E-state index in [9.17, 15) is 4.79 Å². The average Bonchev–Trinajstić information content (AvgIpc) is 2.56. The second-order valence-electron chi connectivity index (χ2n) is 7.40. The maximum absolute atomic E-state index is 11.1. The fraction of sp³-hybridized carbons (Fsp3) is 0.950. The molecule has 1 rings (SSSR count). The first-order valence-electron chi connectivity index (χ1n) is 10.0. The number of nitrogens with two attached hydrogens (primary N) is 1. The Morgan fingerprint density at radius 3 is 2.43 bits per heavy atom. The van der Waals surface area contributed by atoms with E-state index in [0.717, 1.165) is 24.7 Å². The molecule has 0 amide bonds. The van der Waals surface area contributed by atoms with E-state index in [1.54, 1.807) is 0 Å². The number of rotatable bonds is 12. The summed E-state index contributed by atoms with van der Waals surface area (Å²) in [5.74, 6) is 1.53. The van der Waals surface area contributed by atoms with E-state index in [1.165, 1.54) is 77.7 Å². The van der Waals surface area contributed by atoms with Gasteiger partial charge in [-0.3, -0.25) is 4.79 Å². The Morgan fingerprint density at radius 1 is 1.00 bits per heavy atom. The van der Waals surface area contributed by atoms with Gasteiger partial charge in [0.05, 0.1) is 7.11 Å². The standard InChI is InChI=1S/C20H39NO2/c1-3-4-5-8-12-17-13-11-15-19(21)18(17)14-9-6-7-10-16-20(22)23-2/h17-19H,3-16,21H2,1-2H3. The summed E-state index contributed by atoms with van der Waals surface area (Å²) < 4.78 is 4.68. The van der Waals surface area contributed by atoms with Crippen molar-refractivity contribution < 1.29 is 9.53 Å². The van der Waals surface area contributed by atoms with Gasteiger partial charge in [0.2, 0.25) is 0 Å². The van der Waals surface area contributed by atoms with Gasteiger partial charge in [-0.25, -0.2) is 0 Å². The van der Waals surface area contributed by atoms with Gasteiger partial charge in [0, 0.05) is 12.5 Å². The van der Waals surface area contributed by atoms with Gasteiger partial charge in [0.25, 0.3) is 0 Å². The Labute approximate surface area is 143 Å². The first-order valence-corrected chi connectivity index (χ1v) is 10.0. The second-order valence-corrected chi connectivity index (χ2v) is 7.40. The van der Waals surface area contributed by atoms with Crippen molar-refractivity contribution in [3.8, 4) is 0 Å². The predicted octanol–water partition coefficient (Wildman–Crippen LogP) is 5.21. The van der Waals surface area contributed by atoms with Crippen molar-refractivity contribution in [3.05, 3.63) is 0 Å². The molecule has 1 aliphatic rings. The third-order valence-electron chi connectivity index (χ3n) is 5.59. The highest BCUT2D eigenvalue weighted by molar-refractivity contribution is 5.68. The van der Waals surface area contributed by atoms with Crippen LogP contribution in [0.4, 0.5) is 0 Å². The van der Waals surface area contributed by atoms with Gasteiger partial charge in [-0.15, -0.1) is 0 Å². The van der Waals surface area contributed by atoms with Crippen LogP contribution in [0, 0.1) is 11.8 Å². The molecule has 136 valence electrons. The van der Waals surface area contributed by atoms with E-state index in [0.29, 0.717) is 12.5 Å². The minimum absolute atomic E-state index is 0.0774. The fourth-order valence-corrected chi connectivity index (χ4v) is 4.14. The Balaban J connectivity index is 2.19. The number of unbranched alkanes of at least 4 members (excludes halogenated alkanes) is 6. The quantitative estimate of drug-likeness (QED) is 0.395. The molecule has 1 fully saturated rings. The molecule has 1 saturated carbocycles. The van der Waals surface area contributed by atoms with Gasteiger partial charge >= 0.3 is 5.97 Å². The lowest BCUT2D eigenvalue weighted by molar-refractivity contribution is -0.140. The third-order valence-corrected chi connectivity index (χ3v) is 5.59. The number of ether oxygens (including phenoxy) is 1. The molecule has 0 spiro atoms. The molecular weight excluding hydrogens is 286 g/mol. The first-order chi connectivity index (χ1) is 11.2. The van der Waals surface area contributed by atoms with Crippen LogP contribution in [0.2, 0.25) is 0 Å². The molecule has 0 aromatic carbocycles. The van der Waals surface area contributed by atoms with Gasteiger partial charge in [0.15, 0.2) is 0 Å². The first kappa shape index (κ1) is 20.5. The zero-order chi connectivity index (χ0) is 16.9. The van der Waals surface area contributed by atoms with Crippen LogP contribution >= 0.6 is 0 Å². The van der Waals surface area contributed by atoms with Crippen molar-refractivity contribution in [1.29, 1.82) is 0 Å². The van der Waals surface area contributed by atoms with Crippen LogP contribution < -0.4 is 5.73 Å². The Morgan fingerprint density at radius 2 is 1.70 bits per heavy atom. The zero-order valence-corrected chi connectivity index (χ0v) is 15.5. The number of carbonyl (C=O) groups excluding carboxylic acids is 1. The SMILES string of the molecule is CCCCCCC1CCCC(N)C1CCCCCCC(=O)OC. The van der Waals surface area contributed by atoms with Gasteiger partial charge in [0.1, 0.15) is 0 Å². The molecule has 0 saturated heterocycles. The molecule has 2 N–H and O–H groups in total. The summed E-state index contributed by atoms with van der Waals surface area (Å²) in [5, 5.41) is 0. The minimum Gasteiger partial charge on any atom is -0.469 e. The second kappa shape index (κ2) is 12.8. The van der Waals surface area contributed by atoms with E-state index in [2.05, 4.69) is 11.7 Å². The van der Waals surface area contributed by atoms with Crippen LogP contribution in [-0.4, -0.2) is 19.1 Å². The maximum Gasteiger partial charge on any atom is 0.305 e. The average molecular weight is 326 g/mol. The Bertz CT molecular complexity index is 306. The summed E-state index contributed by atoms with van der Waals surface area (Å²) in [7, 11) is 1.47. The molecule has 3 nitrogen and oxygen atoms in total. The van der Waals surface area contributed by atoms with Gasteiger partial charge in [-0.2, -0.15) is 0 Å². The molecule has 0 radical (unpaired) electrons. The van der Waals surface area contributed by atoms with Crippen molar-refractivity contribution in [1.82, 2.24) is 0 Å². The predicted molar refractivity (Wildman–Crippen MR) is 97.3 cm³/mol. The highest BCUT2D eigenvalue weighted by atomic mass is 16.5. The van der Waals surface area contributed by atoms with Gasteiger partial charge in [-0.05, 0) is 31.1 Å². The largest absolute Gasteiger partial charge is 0.469 e. The van der Waals surface area contributed by atoms with Crippen LogP contribution in [-0.2, 0) is 9.53 Å². The lowest BCUT2D eigenvalue weighted by atomic mass is 9.72. The molecule has 3 atom stereocenters. The van der Waals surface area contributed by atoms with Crippen molar-refractivity contribution in [2.45, 2.75) is 103 Å². The number of hydrogen-bond acceptors (Lipinski definition) is 3. The normalized spacial score (nSPS) is 24.6. The summed E-state index contributed by atoms with van der Waals surface area (Å²) in [4.78, 5) is 11.1. The molecule has 1 aliphatic carbocycles. The maximum atomic E-state index is 11.1. The zero-order valence-electron chi connectivity index (χ0n) is 15.5. The van der Waals surface area contributed by atoms with E-state index < -0.39 is 0 Å². The summed E-state index contributed by atoms with van der Waals surface area (Å²) in [6.45, 7) is 2.28. The van der Waals surface area contributed by atoms with Crippen LogP contribution in [0.3, 0.4) is 0 Å². The lowest BCUT2D eigenvalue weighted by Gasteiger charge is -2.37. The van der Waals surface area contributed by atoms with Crippen molar-refractivity contribution in [2.75, 3.05) is 7.11 Å². The van der Waals surface area contributed by atoms with E-state index >= 15 is 0 Å². The van der Waals surface area contributed by atoms with Gasteiger partial charge in [-0.1, -0.05) is 71.1 Å². The monoisotopic (exact) mass is 325 g/mol. The topological polar surface area (TPSA) is 52.3 Å². The van der Waals surface area contributed by atoms with Crippen LogP contribution in [0.1, 0.15) is 96.8 Å².